The molecule has 0 fully saturated rings. The Morgan fingerprint density at radius 2 is 2.20 bits per heavy atom. The summed E-state index contributed by atoms with van der Waals surface area (Å²) in [6.07, 6.45) is 3.36. The number of amides is 1. The topological polar surface area (TPSA) is 73.8 Å². The molecule has 1 amide bonds. The van der Waals surface area contributed by atoms with Gasteiger partial charge in [0, 0.05) is 25.0 Å². The van der Waals surface area contributed by atoms with Crippen molar-refractivity contribution in [2.24, 2.45) is 12.8 Å². The minimum atomic E-state index is -0.463. The molecule has 15 heavy (non-hydrogen) atoms. The number of nitrogens with two attached hydrogens (primary N) is 1. The quantitative estimate of drug-likeness (QED) is 0.774. The number of aryl methyl sites for hydroxylation is 1. The molecule has 0 aliphatic carbocycles. The number of hydrogen-bond acceptors (Lipinski definition) is 3. The molecule has 76 valence electrons. The van der Waals surface area contributed by atoms with Crippen LogP contribution in [0.3, 0.4) is 0 Å². The van der Waals surface area contributed by atoms with Crippen molar-refractivity contribution >= 4 is 5.91 Å². The van der Waals surface area contributed by atoms with E-state index in [0.29, 0.717) is 11.3 Å². The van der Waals surface area contributed by atoms with Gasteiger partial charge in [-0.3, -0.25) is 14.5 Å². The van der Waals surface area contributed by atoms with Gasteiger partial charge in [0.2, 0.25) is 5.91 Å². The first-order valence-electron chi connectivity index (χ1n) is 4.42. The van der Waals surface area contributed by atoms with Gasteiger partial charge >= 0.3 is 0 Å². The zero-order valence-corrected chi connectivity index (χ0v) is 8.21. The zero-order chi connectivity index (χ0) is 10.8. The third kappa shape index (κ3) is 1.85. The molecule has 0 radical (unpaired) electrons. The molecule has 2 N–H and O–H groups in total. The summed E-state index contributed by atoms with van der Waals surface area (Å²) in [6, 6.07) is 5.03. The van der Waals surface area contributed by atoms with E-state index in [2.05, 4.69) is 10.1 Å². The van der Waals surface area contributed by atoms with E-state index in [0.717, 1.165) is 5.69 Å². The average Bonchev–Trinajstić information content (AvgIpc) is 2.65. The highest BCUT2D eigenvalue weighted by molar-refractivity contribution is 5.93. The summed E-state index contributed by atoms with van der Waals surface area (Å²) in [7, 11) is 1.82. The van der Waals surface area contributed by atoms with Crippen molar-refractivity contribution in [3.63, 3.8) is 0 Å². The Labute approximate surface area is 86.5 Å². The molecule has 0 aliphatic rings. The highest BCUT2D eigenvalue weighted by atomic mass is 16.1. The number of hydrogen-bond donors (Lipinski definition) is 1. The summed E-state index contributed by atoms with van der Waals surface area (Å²) in [5, 5.41) is 4.18. The van der Waals surface area contributed by atoms with Crippen LogP contribution in [0.25, 0.3) is 11.4 Å². The normalized spacial score (nSPS) is 10.2. The van der Waals surface area contributed by atoms with Gasteiger partial charge < -0.3 is 5.73 Å². The molecule has 2 rings (SSSR count). The van der Waals surface area contributed by atoms with Crippen LogP contribution in [0.1, 0.15) is 10.4 Å². The van der Waals surface area contributed by atoms with E-state index in [1.54, 1.807) is 23.0 Å². The maximum absolute atomic E-state index is 11.0. The lowest BCUT2D eigenvalue weighted by atomic mass is 10.2. The highest BCUT2D eigenvalue weighted by Crippen LogP contribution is 2.14. The number of pyridine rings is 1. The van der Waals surface area contributed by atoms with E-state index in [1.165, 1.54) is 0 Å². The molecule has 2 aromatic rings. The van der Waals surface area contributed by atoms with Gasteiger partial charge in [0.15, 0.2) is 0 Å². The van der Waals surface area contributed by atoms with Crippen LogP contribution >= 0.6 is 0 Å². The first-order chi connectivity index (χ1) is 7.16. The van der Waals surface area contributed by atoms with Gasteiger partial charge in [-0.25, -0.2) is 0 Å². The van der Waals surface area contributed by atoms with E-state index < -0.39 is 5.91 Å². The molecule has 0 aromatic carbocycles. The molecule has 0 aliphatic heterocycles. The summed E-state index contributed by atoms with van der Waals surface area (Å²) >= 11 is 0. The van der Waals surface area contributed by atoms with Gasteiger partial charge in [0.1, 0.15) is 5.69 Å². The number of carbonyl (C=O) groups is 1. The largest absolute Gasteiger partial charge is 0.366 e. The summed E-state index contributed by atoms with van der Waals surface area (Å²) in [4.78, 5) is 15.1. The first kappa shape index (κ1) is 9.39. The van der Waals surface area contributed by atoms with Gasteiger partial charge in [-0.05, 0) is 18.2 Å². The average molecular weight is 202 g/mol. The highest BCUT2D eigenvalue weighted by Gasteiger charge is 2.06. The molecular formula is C10H10N4O. The monoisotopic (exact) mass is 202 g/mol. The zero-order valence-electron chi connectivity index (χ0n) is 8.21. The van der Waals surface area contributed by atoms with Crippen molar-refractivity contribution in [1.29, 1.82) is 0 Å². The van der Waals surface area contributed by atoms with Crippen LogP contribution in [0.5, 0.6) is 0 Å². The van der Waals surface area contributed by atoms with Crippen LogP contribution < -0.4 is 5.73 Å². The Morgan fingerprint density at radius 1 is 1.40 bits per heavy atom. The van der Waals surface area contributed by atoms with Gasteiger partial charge in [-0.15, -0.1) is 0 Å². The summed E-state index contributed by atoms with van der Waals surface area (Å²) < 4.78 is 1.67. The Hall–Kier alpha value is -2.17. The van der Waals surface area contributed by atoms with Gasteiger partial charge in [0.25, 0.3) is 0 Å². The van der Waals surface area contributed by atoms with Crippen molar-refractivity contribution in [1.82, 2.24) is 14.8 Å². The Morgan fingerprint density at radius 3 is 2.80 bits per heavy atom. The predicted octanol–water partition coefficient (Wildman–Crippen LogP) is 0.581. The lowest BCUT2D eigenvalue weighted by molar-refractivity contribution is 0.1000. The van der Waals surface area contributed by atoms with E-state index in [4.69, 9.17) is 5.73 Å². The third-order valence-electron chi connectivity index (χ3n) is 2.02. The Kier molecular flexibility index (Phi) is 2.21. The van der Waals surface area contributed by atoms with E-state index in [9.17, 15) is 4.79 Å². The van der Waals surface area contributed by atoms with E-state index in [1.807, 2.05) is 19.3 Å². The van der Waals surface area contributed by atoms with Crippen LogP contribution in [0.2, 0.25) is 0 Å². The summed E-state index contributed by atoms with van der Waals surface area (Å²) in [5.74, 6) is -0.463. The SMILES string of the molecule is Cn1ccc(-c2cc(C(N)=O)ccn2)n1. The van der Waals surface area contributed by atoms with Crippen LogP contribution in [0.4, 0.5) is 0 Å². The van der Waals surface area contributed by atoms with Gasteiger partial charge in [-0.1, -0.05) is 0 Å². The number of rotatable bonds is 2. The minimum absolute atomic E-state index is 0.436. The number of aromatic nitrogens is 3. The first-order valence-corrected chi connectivity index (χ1v) is 4.42. The van der Waals surface area contributed by atoms with E-state index >= 15 is 0 Å². The molecule has 0 saturated carbocycles. The third-order valence-corrected chi connectivity index (χ3v) is 2.02. The molecule has 0 atom stereocenters. The fourth-order valence-corrected chi connectivity index (χ4v) is 1.28. The number of nitrogens with zero attached hydrogens (tertiary/aromatic N) is 3. The molecular weight excluding hydrogens is 192 g/mol. The van der Waals surface area contributed by atoms with Crippen molar-refractivity contribution in [3.05, 3.63) is 36.2 Å². The standard InChI is InChI=1S/C10H10N4O/c1-14-5-3-8(13-14)9-6-7(10(11)15)2-4-12-9/h2-6H,1H3,(H2,11,15). The predicted molar refractivity (Wildman–Crippen MR) is 55.0 cm³/mol. The summed E-state index contributed by atoms with van der Waals surface area (Å²) in [6.45, 7) is 0. The fourth-order valence-electron chi connectivity index (χ4n) is 1.28. The molecule has 5 heteroatoms. The molecule has 0 bridgehead atoms. The molecule has 0 spiro atoms. The Bertz CT molecular complexity index is 504. The van der Waals surface area contributed by atoms with Crippen LogP contribution in [-0.2, 0) is 7.05 Å². The maximum Gasteiger partial charge on any atom is 0.248 e. The molecule has 2 heterocycles. The van der Waals surface area contributed by atoms with Crippen LogP contribution in [-0.4, -0.2) is 20.7 Å². The van der Waals surface area contributed by atoms with Crippen molar-refractivity contribution < 1.29 is 4.79 Å². The molecule has 5 nitrogen and oxygen atoms in total. The maximum atomic E-state index is 11.0. The second kappa shape index (κ2) is 3.53. The number of primary amides is 1. The molecule has 0 saturated heterocycles. The van der Waals surface area contributed by atoms with Crippen molar-refractivity contribution in [2.75, 3.05) is 0 Å². The molecule has 2 aromatic heterocycles. The number of carbonyl (C=O) groups excluding carboxylic acids is 1. The minimum Gasteiger partial charge on any atom is -0.366 e. The summed E-state index contributed by atoms with van der Waals surface area (Å²) in [5.41, 5.74) is 6.98. The Balaban J connectivity index is 2.45. The molecule has 0 unspecified atom stereocenters. The lowest BCUT2D eigenvalue weighted by Gasteiger charge is -1.98. The van der Waals surface area contributed by atoms with Crippen LogP contribution in [0, 0.1) is 0 Å². The smallest absolute Gasteiger partial charge is 0.248 e. The van der Waals surface area contributed by atoms with Crippen LogP contribution in [0.15, 0.2) is 30.6 Å². The second-order valence-corrected chi connectivity index (χ2v) is 3.17. The van der Waals surface area contributed by atoms with Crippen molar-refractivity contribution in [3.8, 4) is 11.4 Å². The van der Waals surface area contributed by atoms with Gasteiger partial charge in [0.05, 0.1) is 5.69 Å². The lowest BCUT2D eigenvalue weighted by Crippen LogP contribution is -2.11. The van der Waals surface area contributed by atoms with Gasteiger partial charge in [-0.2, -0.15) is 5.10 Å². The fraction of sp³-hybridized carbons (Fsp3) is 0.100. The van der Waals surface area contributed by atoms with E-state index in [-0.39, 0.29) is 0 Å². The van der Waals surface area contributed by atoms with Crippen molar-refractivity contribution in [2.45, 2.75) is 0 Å². The second-order valence-electron chi connectivity index (χ2n) is 3.17.